The van der Waals surface area contributed by atoms with Crippen LogP contribution >= 0.6 is 12.4 Å². The molecule has 2 rings (SSSR count). The lowest BCUT2D eigenvalue weighted by Gasteiger charge is -2.36. The van der Waals surface area contributed by atoms with Crippen LogP contribution in [0, 0.1) is 0 Å². The number of halogens is 1. The second kappa shape index (κ2) is 9.03. The normalized spacial score (nSPS) is 18.9. The molecule has 0 aromatic heterocycles. The maximum absolute atomic E-state index is 11.8. The van der Waals surface area contributed by atoms with Crippen LogP contribution in [0.2, 0.25) is 0 Å². The van der Waals surface area contributed by atoms with E-state index in [1.54, 1.807) is 0 Å². The molecule has 21 heavy (non-hydrogen) atoms. The lowest BCUT2D eigenvalue weighted by molar-refractivity contribution is -0.122. The minimum atomic E-state index is 0. The highest BCUT2D eigenvalue weighted by molar-refractivity contribution is 5.85. The maximum Gasteiger partial charge on any atom is 0.234 e. The molecule has 1 aromatic carbocycles. The van der Waals surface area contributed by atoms with Crippen molar-refractivity contribution in [1.82, 2.24) is 15.5 Å². The molecule has 0 radical (unpaired) electrons. The molecule has 1 heterocycles. The van der Waals surface area contributed by atoms with Crippen LogP contribution < -0.4 is 10.6 Å². The van der Waals surface area contributed by atoms with E-state index in [2.05, 4.69) is 46.7 Å². The van der Waals surface area contributed by atoms with Gasteiger partial charge in [-0.15, -0.1) is 12.4 Å². The van der Waals surface area contributed by atoms with E-state index in [0.29, 0.717) is 13.1 Å². The van der Waals surface area contributed by atoms with E-state index < -0.39 is 0 Å². The summed E-state index contributed by atoms with van der Waals surface area (Å²) in [5.74, 6) is 0.115. The number of hydrogen-bond donors (Lipinski definition) is 2. The van der Waals surface area contributed by atoms with Gasteiger partial charge in [0.2, 0.25) is 5.91 Å². The quantitative estimate of drug-likeness (QED) is 0.871. The third-order valence-electron chi connectivity index (χ3n) is 3.85. The van der Waals surface area contributed by atoms with E-state index in [4.69, 9.17) is 0 Å². The fourth-order valence-corrected chi connectivity index (χ4v) is 2.68. The van der Waals surface area contributed by atoms with Gasteiger partial charge in [-0.05, 0) is 24.5 Å². The Kier molecular flexibility index (Phi) is 7.72. The Labute approximate surface area is 133 Å². The Bertz CT molecular complexity index is 436. The van der Waals surface area contributed by atoms with Crippen molar-refractivity contribution in [3.8, 4) is 0 Å². The van der Waals surface area contributed by atoms with Gasteiger partial charge < -0.3 is 10.6 Å². The van der Waals surface area contributed by atoms with Crippen LogP contribution in [0.15, 0.2) is 24.3 Å². The summed E-state index contributed by atoms with van der Waals surface area (Å²) in [4.78, 5) is 14.1. The van der Waals surface area contributed by atoms with Crippen LogP contribution in [0.1, 0.15) is 31.0 Å². The van der Waals surface area contributed by atoms with Gasteiger partial charge in [0, 0.05) is 32.2 Å². The van der Waals surface area contributed by atoms with E-state index in [-0.39, 0.29) is 24.4 Å². The number of hydrogen-bond acceptors (Lipinski definition) is 3. The number of carbonyl (C=O) groups is 1. The van der Waals surface area contributed by atoms with Crippen molar-refractivity contribution in [3.63, 3.8) is 0 Å². The number of benzene rings is 1. The highest BCUT2D eigenvalue weighted by atomic mass is 35.5. The van der Waals surface area contributed by atoms with Gasteiger partial charge in [-0.1, -0.05) is 31.2 Å². The molecule has 1 amide bonds. The molecule has 0 bridgehead atoms. The van der Waals surface area contributed by atoms with Gasteiger partial charge in [-0.2, -0.15) is 0 Å². The van der Waals surface area contributed by atoms with Crippen LogP contribution in [0.5, 0.6) is 0 Å². The Morgan fingerprint density at radius 3 is 2.67 bits per heavy atom. The standard InChI is InChI=1S/C16H25N3O.ClH/c1-3-13-5-7-14(8-6-13)15-11-17-9-10-19(15)12-16(20)18-4-2;/h5-8,15,17H,3-4,9-12H2,1-2H3,(H,18,20);1H. The minimum Gasteiger partial charge on any atom is -0.355 e. The molecule has 118 valence electrons. The average molecular weight is 312 g/mol. The zero-order valence-electron chi connectivity index (χ0n) is 12.9. The molecule has 1 saturated heterocycles. The Balaban J connectivity index is 0.00000220. The first-order valence-electron chi connectivity index (χ1n) is 7.55. The first-order chi connectivity index (χ1) is 9.74. The van der Waals surface area contributed by atoms with Crippen molar-refractivity contribution in [2.45, 2.75) is 26.3 Å². The second-order valence-corrected chi connectivity index (χ2v) is 5.24. The summed E-state index contributed by atoms with van der Waals surface area (Å²) in [5, 5.41) is 6.31. The van der Waals surface area contributed by atoms with Gasteiger partial charge in [-0.25, -0.2) is 0 Å². The van der Waals surface area contributed by atoms with Gasteiger partial charge in [0.05, 0.1) is 6.54 Å². The lowest BCUT2D eigenvalue weighted by Crippen LogP contribution is -2.49. The smallest absolute Gasteiger partial charge is 0.234 e. The molecule has 0 saturated carbocycles. The molecule has 0 spiro atoms. The number of amides is 1. The van der Waals surface area contributed by atoms with Crippen LogP contribution in [-0.2, 0) is 11.2 Å². The summed E-state index contributed by atoms with van der Waals surface area (Å²) in [5.41, 5.74) is 2.64. The fraction of sp³-hybridized carbons (Fsp3) is 0.562. The molecule has 5 heteroatoms. The van der Waals surface area contributed by atoms with E-state index in [1.165, 1.54) is 11.1 Å². The van der Waals surface area contributed by atoms with Crippen molar-refractivity contribution < 1.29 is 4.79 Å². The first-order valence-corrected chi connectivity index (χ1v) is 7.55. The van der Waals surface area contributed by atoms with Crippen LogP contribution in [0.4, 0.5) is 0 Å². The summed E-state index contributed by atoms with van der Waals surface area (Å²) in [6, 6.07) is 9.06. The number of carbonyl (C=O) groups excluding carboxylic acids is 1. The van der Waals surface area contributed by atoms with Crippen molar-refractivity contribution in [3.05, 3.63) is 35.4 Å². The number of piperazine rings is 1. The van der Waals surface area contributed by atoms with Gasteiger partial charge in [0.25, 0.3) is 0 Å². The molecular formula is C16H26ClN3O. The number of aryl methyl sites for hydroxylation is 1. The molecule has 1 aromatic rings. The van der Waals surface area contributed by atoms with Gasteiger partial charge in [-0.3, -0.25) is 9.69 Å². The van der Waals surface area contributed by atoms with Crippen molar-refractivity contribution >= 4 is 18.3 Å². The molecule has 1 unspecified atom stereocenters. The second-order valence-electron chi connectivity index (χ2n) is 5.24. The number of rotatable bonds is 5. The van der Waals surface area contributed by atoms with Gasteiger partial charge >= 0.3 is 0 Å². The van der Waals surface area contributed by atoms with E-state index in [0.717, 1.165) is 26.1 Å². The molecule has 4 nitrogen and oxygen atoms in total. The molecule has 1 aliphatic heterocycles. The topological polar surface area (TPSA) is 44.4 Å². The highest BCUT2D eigenvalue weighted by Crippen LogP contribution is 2.22. The summed E-state index contributed by atoms with van der Waals surface area (Å²) < 4.78 is 0. The molecule has 1 atom stereocenters. The Morgan fingerprint density at radius 1 is 1.33 bits per heavy atom. The largest absolute Gasteiger partial charge is 0.355 e. The summed E-state index contributed by atoms with van der Waals surface area (Å²) in [6.45, 7) is 8.07. The molecule has 1 fully saturated rings. The highest BCUT2D eigenvalue weighted by Gasteiger charge is 2.25. The number of nitrogens with one attached hydrogen (secondary N) is 2. The lowest BCUT2D eigenvalue weighted by atomic mass is 10.0. The summed E-state index contributed by atoms with van der Waals surface area (Å²) >= 11 is 0. The fourth-order valence-electron chi connectivity index (χ4n) is 2.68. The first kappa shape index (κ1) is 18.0. The third-order valence-corrected chi connectivity index (χ3v) is 3.85. The SMILES string of the molecule is CCNC(=O)CN1CCNCC1c1ccc(CC)cc1.Cl. The van der Waals surface area contributed by atoms with Crippen molar-refractivity contribution in [2.24, 2.45) is 0 Å². The minimum absolute atomic E-state index is 0. The molecule has 0 aliphatic carbocycles. The van der Waals surface area contributed by atoms with Crippen LogP contribution in [0.3, 0.4) is 0 Å². The summed E-state index contributed by atoms with van der Waals surface area (Å²) in [7, 11) is 0. The van der Waals surface area contributed by atoms with E-state index in [9.17, 15) is 4.79 Å². The van der Waals surface area contributed by atoms with Crippen molar-refractivity contribution in [2.75, 3.05) is 32.7 Å². The third kappa shape index (κ3) is 4.99. The Morgan fingerprint density at radius 2 is 2.05 bits per heavy atom. The number of likely N-dealkylation sites (N-methyl/N-ethyl adjacent to an activating group) is 1. The molecular weight excluding hydrogens is 286 g/mol. The summed E-state index contributed by atoms with van der Waals surface area (Å²) in [6.07, 6.45) is 1.06. The van der Waals surface area contributed by atoms with E-state index in [1.807, 2.05) is 6.92 Å². The van der Waals surface area contributed by atoms with E-state index >= 15 is 0 Å². The van der Waals surface area contributed by atoms with Crippen LogP contribution in [-0.4, -0.2) is 43.5 Å². The Hall–Kier alpha value is -1.10. The maximum atomic E-state index is 11.8. The molecule has 2 N–H and O–H groups in total. The average Bonchev–Trinajstić information content (AvgIpc) is 2.48. The predicted molar refractivity (Wildman–Crippen MR) is 88.9 cm³/mol. The predicted octanol–water partition coefficient (Wildman–Crippen LogP) is 1.75. The molecule has 1 aliphatic rings. The van der Waals surface area contributed by atoms with Gasteiger partial charge in [0.1, 0.15) is 0 Å². The number of nitrogens with zero attached hydrogens (tertiary/aromatic N) is 1. The van der Waals surface area contributed by atoms with Crippen molar-refractivity contribution in [1.29, 1.82) is 0 Å². The van der Waals surface area contributed by atoms with Gasteiger partial charge in [0.15, 0.2) is 0 Å². The van der Waals surface area contributed by atoms with Crippen LogP contribution in [0.25, 0.3) is 0 Å². The zero-order valence-corrected chi connectivity index (χ0v) is 13.7. The monoisotopic (exact) mass is 311 g/mol. The zero-order chi connectivity index (χ0) is 14.4.